The first-order valence-corrected chi connectivity index (χ1v) is 3.76. The molecule has 0 saturated heterocycles. The maximum absolute atomic E-state index is 3.63. The molecule has 0 aromatic carbocycles. The molecule has 0 N–H and O–H groups in total. The summed E-state index contributed by atoms with van der Waals surface area (Å²) in [6.07, 6.45) is 0. The smallest absolute Gasteiger partial charge is 0.0110 e. The lowest BCUT2D eigenvalue weighted by Crippen LogP contribution is -2.17. The predicted octanol–water partition coefficient (Wildman–Crippen LogP) is 3.40. The number of rotatable bonds is 1. The van der Waals surface area contributed by atoms with Crippen LogP contribution in [0.15, 0.2) is 17.9 Å². The maximum atomic E-state index is 3.63. The molecule has 0 radical (unpaired) electrons. The van der Waals surface area contributed by atoms with Gasteiger partial charge >= 0.3 is 0 Å². The van der Waals surface area contributed by atoms with E-state index in [4.69, 9.17) is 0 Å². The molecular weight excluding hydrogens is 120 g/mol. The van der Waals surface area contributed by atoms with Crippen molar-refractivity contribution < 1.29 is 0 Å². The van der Waals surface area contributed by atoms with Crippen LogP contribution in [0.25, 0.3) is 0 Å². The Bertz CT molecular complexity index is 151. The zero-order valence-corrected chi connectivity index (χ0v) is 7.78. The van der Waals surface area contributed by atoms with E-state index in [0.717, 1.165) is 0 Å². The summed E-state index contributed by atoms with van der Waals surface area (Å²) < 4.78 is 0. The fourth-order valence-electron chi connectivity index (χ4n) is 0.803. The highest BCUT2D eigenvalue weighted by molar-refractivity contribution is 5.02. The number of allylic oxidation sites excluding steroid dienone is 1. The van der Waals surface area contributed by atoms with Crippen LogP contribution < -0.4 is 0 Å². The Labute approximate surface area is 64.6 Å². The quantitative estimate of drug-likeness (QED) is 0.487. The second kappa shape index (κ2) is 3.07. The standard InChI is InChI=1S/C10H18/c1-7-8(2)9(3)10(4,5)6/h9H,1H2,2-6H3. The lowest BCUT2D eigenvalue weighted by Gasteiger charge is -2.26. The van der Waals surface area contributed by atoms with E-state index in [1.54, 1.807) is 0 Å². The number of hydrogen-bond donors (Lipinski definition) is 0. The summed E-state index contributed by atoms with van der Waals surface area (Å²) >= 11 is 0. The summed E-state index contributed by atoms with van der Waals surface area (Å²) in [4.78, 5) is 0. The van der Waals surface area contributed by atoms with Gasteiger partial charge in [0.05, 0.1) is 0 Å². The molecule has 0 aliphatic carbocycles. The normalized spacial score (nSPS) is 14.1. The van der Waals surface area contributed by atoms with Crippen LogP contribution in [0.4, 0.5) is 0 Å². The van der Waals surface area contributed by atoms with Crippen molar-refractivity contribution in [2.75, 3.05) is 0 Å². The third-order valence-corrected chi connectivity index (χ3v) is 2.23. The van der Waals surface area contributed by atoms with Crippen LogP contribution in [0.2, 0.25) is 0 Å². The van der Waals surface area contributed by atoms with Gasteiger partial charge in [-0.2, -0.15) is 0 Å². The fraction of sp³-hybridized carbons (Fsp3) is 0.700. The molecule has 0 aromatic heterocycles. The van der Waals surface area contributed by atoms with Crippen LogP contribution in [-0.2, 0) is 0 Å². The summed E-state index contributed by atoms with van der Waals surface area (Å²) in [6, 6.07) is 0. The first-order chi connectivity index (χ1) is 4.39. The molecule has 0 fully saturated rings. The summed E-state index contributed by atoms with van der Waals surface area (Å²) in [6.45, 7) is 14.6. The molecule has 0 saturated carbocycles. The van der Waals surface area contributed by atoms with Crippen LogP contribution in [-0.4, -0.2) is 0 Å². The van der Waals surface area contributed by atoms with E-state index < -0.39 is 0 Å². The van der Waals surface area contributed by atoms with Crippen LogP contribution in [0.3, 0.4) is 0 Å². The third kappa shape index (κ3) is 2.41. The SMILES string of the molecule is C=C=C(C)C(C)C(C)(C)C. The molecule has 0 aliphatic rings. The molecule has 10 heavy (non-hydrogen) atoms. The molecule has 0 aliphatic heterocycles. The van der Waals surface area contributed by atoms with E-state index in [9.17, 15) is 0 Å². The van der Waals surface area contributed by atoms with Crippen molar-refractivity contribution in [3.63, 3.8) is 0 Å². The molecule has 0 nitrogen and oxygen atoms in total. The monoisotopic (exact) mass is 138 g/mol. The molecule has 1 atom stereocenters. The summed E-state index contributed by atoms with van der Waals surface area (Å²) in [5.41, 5.74) is 4.54. The van der Waals surface area contributed by atoms with Gasteiger partial charge in [0.15, 0.2) is 0 Å². The third-order valence-electron chi connectivity index (χ3n) is 2.23. The molecule has 0 bridgehead atoms. The zero-order valence-electron chi connectivity index (χ0n) is 7.78. The zero-order chi connectivity index (χ0) is 8.36. The molecule has 0 amide bonds. The van der Waals surface area contributed by atoms with Gasteiger partial charge in [0, 0.05) is 0 Å². The molecule has 1 unspecified atom stereocenters. The molecule has 0 heterocycles. The Morgan fingerprint density at radius 1 is 1.40 bits per heavy atom. The summed E-state index contributed by atoms with van der Waals surface area (Å²) in [5.74, 6) is 0.574. The average molecular weight is 138 g/mol. The predicted molar refractivity (Wildman–Crippen MR) is 46.9 cm³/mol. The highest BCUT2D eigenvalue weighted by Gasteiger charge is 2.20. The van der Waals surface area contributed by atoms with E-state index in [0.29, 0.717) is 11.3 Å². The van der Waals surface area contributed by atoms with Gasteiger partial charge in [-0.05, 0) is 23.8 Å². The molecule has 0 spiro atoms. The highest BCUT2D eigenvalue weighted by atomic mass is 14.2. The minimum absolute atomic E-state index is 0.342. The topological polar surface area (TPSA) is 0 Å². The van der Waals surface area contributed by atoms with Gasteiger partial charge in [-0.3, -0.25) is 0 Å². The van der Waals surface area contributed by atoms with Gasteiger partial charge in [-0.1, -0.05) is 34.3 Å². The molecule has 0 aromatic rings. The lowest BCUT2D eigenvalue weighted by atomic mass is 9.78. The Hall–Kier alpha value is -0.480. The fourth-order valence-corrected chi connectivity index (χ4v) is 0.803. The lowest BCUT2D eigenvalue weighted by molar-refractivity contribution is 0.301. The van der Waals surface area contributed by atoms with E-state index in [2.05, 4.69) is 46.9 Å². The van der Waals surface area contributed by atoms with Crippen LogP contribution in [0.5, 0.6) is 0 Å². The highest BCUT2D eigenvalue weighted by Crippen LogP contribution is 2.30. The van der Waals surface area contributed by atoms with Crippen molar-refractivity contribution in [2.45, 2.75) is 34.6 Å². The maximum Gasteiger partial charge on any atom is -0.0110 e. The second-order valence-electron chi connectivity index (χ2n) is 3.95. The van der Waals surface area contributed by atoms with Crippen LogP contribution in [0.1, 0.15) is 34.6 Å². The Kier molecular flexibility index (Phi) is 2.93. The largest absolute Gasteiger partial charge is 0.130 e. The summed E-state index contributed by atoms with van der Waals surface area (Å²) in [5, 5.41) is 0. The Morgan fingerprint density at radius 3 is 1.90 bits per heavy atom. The van der Waals surface area contributed by atoms with Crippen LogP contribution >= 0.6 is 0 Å². The Morgan fingerprint density at radius 2 is 1.80 bits per heavy atom. The van der Waals surface area contributed by atoms with Gasteiger partial charge in [0.1, 0.15) is 0 Å². The molecule has 0 rings (SSSR count). The first-order valence-electron chi connectivity index (χ1n) is 3.76. The minimum Gasteiger partial charge on any atom is -0.130 e. The van der Waals surface area contributed by atoms with Gasteiger partial charge in [0.25, 0.3) is 0 Å². The van der Waals surface area contributed by atoms with Gasteiger partial charge < -0.3 is 0 Å². The van der Waals surface area contributed by atoms with Crippen LogP contribution in [0, 0.1) is 11.3 Å². The van der Waals surface area contributed by atoms with E-state index in [1.807, 2.05) is 0 Å². The molecule has 0 heteroatoms. The van der Waals surface area contributed by atoms with Crippen molar-refractivity contribution in [3.05, 3.63) is 17.9 Å². The van der Waals surface area contributed by atoms with Crippen molar-refractivity contribution in [1.29, 1.82) is 0 Å². The van der Waals surface area contributed by atoms with E-state index in [-0.39, 0.29) is 0 Å². The number of hydrogen-bond acceptors (Lipinski definition) is 0. The van der Waals surface area contributed by atoms with E-state index in [1.165, 1.54) is 5.57 Å². The average Bonchev–Trinajstić information content (AvgIpc) is 1.83. The summed E-state index contributed by atoms with van der Waals surface area (Å²) in [7, 11) is 0. The van der Waals surface area contributed by atoms with Gasteiger partial charge in [-0.15, -0.1) is 5.73 Å². The van der Waals surface area contributed by atoms with Gasteiger partial charge in [0.2, 0.25) is 0 Å². The van der Waals surface area contributed by atoms with Crippen molar-refractivity contribution in [2.24, 2.45) is 11.3 Å². The molecular formula is C10H18. The van der Waals surface area contributed by atoms with Gasteiger partial charge in [-0.25, -0.2) is 0 Å². The second-order valence-corrected chi connectivity index (χ2v) is 3.95. The first kappa shape index (κ1) is 9.52. The van der Waals surface area contributed by atoms with Crippen molar-refractivity contribution >= 4 is 0 Å². The van der Waals surface area contributed by atoms with Crippen molar-refractivity contribution in [1.82, 2.24) is 0 Å². The molecule has 58 valence electrons. The minimum atomic E-state index is 0.342. The van der Waals surface area contributed by atoms with Crippen molar-refractivity contribution in [3.8, 4) is 0 Å². The van der Waals surface area contributed by atoms with E-state index >= 15 is 0 Å². The Balaban J connectivity index is 4.37.